The van der Waals surface area contributed by atoms with Gasteiger partial charge in [-0.15, -0.1) is 0 Å². The first-order valence-electron chi connectivity index (χ1n) is 8.42. The van der Waals surface area contributed by atoms with Crippen molar-refractivity contribution >= 4 is 22.8 Å². The predicted octanol–water partition coefficient (Wildman–Crippen LogP) is 4.36. The molecule has 0 saturated carbocycles. The third-order valence-corrected chi connectivity index (χ3v) is 4.12. The summed E-state index contributed by atoms with van der Waals surface area (Å²) >= 11 is 0. The monoisotopic (exact) mass is 395 g/mol. The molecule has 0 atom stereocenters. The predicted molar refractivity (Wildman–Crippen MR) is 100.0 cm³/mol. The number of hydrogen-bond acceptors (Lipinski definition) is 5. The second-order valence-corrected chi connectivity index (χ2v) is 6.06. The molecule has 0 unspecified atom stereocenters. The van der Waals surface area contributed by atoms with E-state index in [9.17, 15) is 18.0 Å². The van der Waals surface area contributed by atoms with Crippen LogP contribution in [0.15, 0.2) is 67.3 Å². The molecule has 0 radical (unpaired) electrons. The minimum atomic E-state index is -4.46. The number of carbonyl (C=O) groups is 1. The quantitative estimate of drug-likeness (QED) is 0.558. The topological polar surface area (TPSA) is 80.7 Å². The smallest absolute Gasteiger partial charge is 0.305 e. The largest absolute Gasteiger partial charge is 0.416 e. The van der Waals surface area contributed by atoms with Gasteiger partial charge in [0, 0.05) is 18.0 Å². The van der Waals surface area contributed by atoms with Gasteiger partial charge >= 0.3 is 6.18 Å². The van der Waals surface area contributed by atoms with Gasteiger partial charge < -0.3 is 5.32 Å². The normalized spacial score (nSPS) is 11.4. The summed E-state index contributed by atoms with van der Waals surface area (Å²) in [6.07, 6.45) is -0.244. The Morgan fingerprint density at radius 2 is 1.86 bits per heavy atom. The molecule has 0 aliphatic rings. The maximum Gasteiger partial charge on any atom is 0.416 e. The number of rotatable bonds is 3. The first-order chi connectivity index (χ1) is 13.9. The molecule has 3 heterocycles. The van der Waals surface area contributed by atoms with Gasteiger partial charge in [-0.3, -0.25) is 9.78 Å². The number of nitrogens with one attached hydrogen (secondary N) is 1. The zero-order valence-electron chi connectivity index (χ0n) is 14.7. The fourth-order valence-corrected chi connectivity index (χ4v) is 2.72. The van der Waals surface area contributed by atoms with Gasteiger partial charge in [-0.1, -0.05) is 12.1 Å². The van der Waals surface area contributed by atoms with Crippen molar-refractivity contribution in [1.29, 1.82) is 0 Å². The maximum absolute atomic E-state index is 13.0. The molecule has 0 saturated heterocycles. The minimum absolute atomic E-state index is 0.151. The van der Waals surface area contributed by atoms with Gasteiger partial charge in [0.2, 0.25) is 0 Å². The van der Waals surface area contributed by atoms with Gasteiger partial charge in [-0.25, -0.2) is 15.0 Å². The van der Waals surface area contributed by atoms with Gasteiger partial charge in [-0.2, -0.15) is 13.2 Å². The fourth-order valence-electron chi connectivity index (χ4n) is 2.72. The lowest BCUT2D eigenvalue weighted by Crippen LogP contribution is -2.14. The molecule has 0 fully saturated rings. The lowest BCUT2D eigenvalue weighted by Gasteiger charge is -2.10. The molecule has 0 aliphatic carbocycles. The Kier molecular flexibility index (Phi) is 4.63. The van der Waals surface area contributed by atoms with Crippen LogP contribution in [-0.2, 0) is 6.18 Å². The van der Waals surface area contributed by atoms with Gasteiger partial charge in [0.1, 0.15) is 11.8 Å². The van der Waals surface area contributed by atoms with Crippen LogP contribution in [-0.4, -0.2) is 25.8 Å². The van der Waals surface area contributed by atoms with E-state index in [0.717, 1.165) is 12.1 Å². The zero-order valence-corrected chi connectivity index (χ0v) is 14.7. The second-order valence-electron chi connectivity index (χ2n) is 6.06. The van der Waals surface area contributed by atoms with Crippen molar-refractivity contribution in [2.75, 3.05) is 5.32 Å². The van der Waals surface area contributed by atoms with Crippen LogP contribution in [0.3, 0.4) is 0 Å². The molecule has 29 heavy (non-hydrogen) atoms. The van der Waals surface area contributed by atoms with Gasteiger partial charge in [-0.05, 0) is 36.4 Å². The first-order valence-corrected chi connectivity index (χ1v) is 8.42. The van der Waals surface area contributed by atoms with Gasteiger partial charge in [0.05, 0.1) is 22.3 Å². The Bertz CT molecular complexity index is 1200. The van der Waals surface area contributed by atoms with Crippen LogP contribution in [0.25, 0.3) is 22.3 Å². The van der Waals surface area contributed by atoms with E-state index in [0.29, 0.717) is 16.8 Å². The molecular formula is C20H12F3N5O. The molecule has 144 valence electrons. The molecule has 3 aromatic heterocycles. The van der Waals surface area contributed by atoms with Crippen molar-refractivity contribution in [2.24, 2.45) is 0 Å². The summed E-state index contributed by atoms with van der Waals surface area (Å²) in [5.74, 6) is -0.290. The standard InChI is InChI=1S/C20H12F3N5O/c21-20(22,23)14-5-1-3-12(9-14)15-6-7-16-17(27-15)18(26-11-25-16)28-19(29)13-4-2-8-24-10-13/h1-11H,(H,25,26,28,29). The van der Waals surface area contributed by atoms with Crippen molar-refractivity contribution in [3.8, 4) is 11.3 Å². The van der Waals surface area contributed by atoms with Crippen LogP contribution < -0.4 is 5.32 Å². The molecule has 0 spiro atoms. The zero-order chi connectivity index (χ0) is 20.4. The molecular weight excluding hydrogens is 383 g/mol. The summed E-state index contributed by atoms with van der Waals surface area (Å²) < 4.78 is 39.0. The van der Waals surface area contributed by atoms with Gasteiger partial charge in [0.25, 0.3) is 5.91 Å². The Morgan fingerprint density at radius 1 is 1.00 bits per heavy atom. The maximum atomic E-state index is 13.0. The lowest BCUT2D eigenvalue weighted by molar-refractivity contribution is -0.137. The van der Waals surface area contributed by atoms with Crippen molar-refractivity contribution < 1.29 is 18.0 Å². The lowest BCUT2D eigenvalue weighted by atomic mass is 10.1. The number of hydrogen-bond donors (Lipinski definition) is 1. The summed E-state index contributed by atoms with van der Waals surface area (Å²) in [5, 5.41) is 2.64. The molecule has 1 amide bonds. The molecule has 1 aromatic carbocycles. The molecule has 4 rings (SSSR count). The number of benzene rings is 1. The highest BCUT2D eigenvalue weighted by Crippen LogP contribution is 2.32. The number of pyridine rings is 2. The molecule has 0 bridgehead atoms. The number of amides is 1. The number of aromatic nitrogens is 4. The summed E-state index contributed by atoms with van der Waals surface area (Å²) in [6.45, 7) is 0. The summed E-state index contributed by atoms with van der Waals surface area (Å²) in [6, 6.07) is 11.2. The summed E-state index contributed by atoms with van der Waals surface area (Å²) in [7, 11) is 0. The van der Waals surface area contributed by atoms with Crippen LogP contribution >= 0.6 is 0 Å². The number of halogens is 3. The molecule has 9 heteroatoms. The fraction of sp³-hybridized carbons (Fsp3) is 0.0500. The number of anilines is 1. The minimum Gasteiger partial charge on any atom is -0.305 e. The molecule has 1 N–H and O–H groups in total. The summed E-state index contributed by atoms with van der Waals surface area (Å²) in [4.78, 5) is 28.8. The highest BCUT2D eigenvalue weighted by Gasteiger charge is 2.30. The second kappa shape index (κ2) is 7.27. The van der Waals surface area contributed by atoms with E-state index in [1.54, 1.807) is 30.5 Å². The first kappa shape index (κ1) is 18.5. The highest BCUT2D eigenvalue weighted by molar-refractivity contribution is 6.06. The molecule has 0 aliphatic heterocycles. The van der Waals surface area contributed by atoms with Crippen LogP contribution in [0.1, 0.15) is 15.9 Å². The average molecular weight is 395 g/mol. The Balaban J connectivity index is 1.74. The molecule has 4 aromatic rings. The van der Waals surface area contributed by atoms with Crippen LogP contribution in [0.2, 0.25) is 0 Å². The van der Waals surface area contributed by atoms with Crippen molar-refractivity contribution in [2.45, 2.75) is 6.18 Å². The van der Waals surface area contributed by atoms with Crippen molar-refractivity contribution in [1.82, 2.24) is 19.9 Å². The van der Waals surface area contributed by atoms with Crippen LogP contribution in [0.4, 0.5) is 19.0 Å². The van der Waals surface area contributed by atoms with Crippen LogP contribution in [0.5, 0.6) is 0 Å². The van der Waals surface area contributed by atoms with Gasteiger partial charge in [0.15, 0.2) is 5.82 Å². The third-order valence-electron chi connectivity index (χ3n) is 4.12. The van der Waals surface area contributed by atoms with Crippen molar-refractivity contribution in [3.63, 3.8) is 0 Å². The summed E-state index contributed by atoms with van der Waals surface area (Å²) in [5.41, 5.74) is 0.849. The van der Waals surface area contributed by atoms with E-state index < -0.39 is 17.6 Å². The Hall–Kier alpha value is -3.88. The Morgan fingerprint density at radius 3 is 2.62 bits per heavy atom. The van der Waals surface area contributed by atoms with E-state index in [-0.39, 0.29) is 16.9 Å². The Labute approximate surface area is 162 Å². The van der Waals surface area contributed by atoms with Crippen LogP contribution in [0, 0.1) is 0 Å². The number of nitrogens with zero attached hydrogens (tertiary/aromatic N) is 4. The van der Waals surface area contributed by atoms with Crippen molar-refractivity contribution in [3.05, 3.63) is 78.4 Å². The average Bonchev–Trinajstić information content (AvgIpc) is 2.74. The van der Waals surface area contributed by atoms with E-state index in [2.05, 4.69) is 25.3 Å². The SMILES string of the molecule is O=C(Nc1ncnc2ccc(-c3cccc(C(F)(F)F)c3)nc12)c1cccnc1. The highest BCUT2D eigenvalue weighted by atomic mass is 19.4. The van der Waals surface area contributed by atoms with E-state index in [1.807, 2.05) is 0 Å². The molecule has 6 nitrogen and oxygen atoms in total. The number of carbonyl (C=O) groups excluding carboxylic acids is 1. The number of alkyl halides is 3. The number of fused-ring (bicyclic) bond motifs is 1. The van der Waals surface area contributed by atoms with E-state index in [1.165, 1.54) is 24.7 Å². The third kappa shape index (κ3) is 3.88. The van der Waals surface area contributed by atoms with E-state index in [4.69, 9.17) is 0 Å². The van der Waals surface area contributed by atoms with E-state index >= 15 is 0 Å².